The lowest BCUT2D eigenvalue weighted by atomic mass is 10.2. The molecule has 4 nitrogen and oxygen atoms in total. The smallest absolute Gasteiger partial charge is 0.326 e. The molecule has 1 fully saturated rings. The Morgan fingerprint density at radius 1 is 1.60 bits per heavy atom. The average molecular weight is 207 g/mol. The summed E-state index contributed by atoms with van der Waals surface area (Å²) in [7, 11) is 0. The Balaban J connectivity index is 2.23. The molecule has 1 saturated carbocycles. The minimum absolute atomic E-state index is 0.103. The number of aromatic nitrogens is 2. The third kappa shape index (κ3) is 2.26. The Morgan fingerprint density at radius 3 is 2.80 bits per heavy atom. The van der Waals surface area contributed by atoms with Crippen LogP contribution in [-0.2, 0) is 6.54 Å². The van der Waals surface area contributed by atoms with Gasteiger partial charge in [0.25, 0.3) is 0 Å². The molecule has 0 bridgehead atoms. The van der Waals surface area contributed by atoms with Crippen molar-refractivity contribution in [3.63, 3.8) is 0 Å². The Hall–Kier alpha value is -1.16. The summed E-state index contributed by atoms with van der Waals surface area (Å²) in [6.45, 7) is 4.36. The second kappa shape index (κ2) is 3.77. The quantitative estimate of drug-likeness (QED) is 0.789. The van der Waals surface area contributed by atoms with Crippen molar-refractivity contribution in [3.8, 4) is 0 Å². The first-order valence-electron chi connectivity index (χ1n) is 5.38. The summed E-state index contributed by atoms with van der Waals surface area (Å²) in [6, 6.07) is 2.02. The number of hydrogen-bond donors (Lipinski definition) is 1. The zero-order valence-corrected chi connectivity index (χ0v) is 9.23. The van der Waals surface area contributed by atoms with E-state index in [0.29, 0.717) is 12.5 Å². The number of nitrogens with two attached hydrogens (primary N) is 1. The molecule has 0 saturated heterocycles. The van der Waals surface area contributed by atoms with E-state index in [1.807, 2.05) is 19.9 Å². The summed E-state index contributed by atoms with van der Waals surface area (Å²) in [6.07, 6.45) is 2.41. The normalized spacial score (nSPS) is 17.8. The van der Waals surface area contributed by atoms with Crippen molar-refractivity contribution < 1.29 is 0 Å². The van der Waals surface area contributed by atoms with Crippen LogP contribution in [-0.4, -0.2) is 15.6 Å². The molecule has 1 aromatic rings. The maximum atomic E-state index is 11.6. The van der Waals surface area contributed by atoms with Gasteiger partial charge in [-0.25, -0.2) is 4.79 Å². The Bertz CT molecular complexity index is 420. The van der Waals surface area contributed by atoms with E-state index < -0.39 is 0 Å². The highest BCUT2D eigenvalue weighted by atomic mass is 16.1. The molecule has 2 rings (SSSR count). The average Bonchev–Trinajstić information content (AvgIpc) is 2.93. The van der Waals surface area contributed by atoms with Gasteiger partial charge >= 0.3 is 5.69 Å². The maximum Gasteiger partial charge on any atom is 0.348 e. The van der Waals surface area contributed by atoms with E-state index in [1.54, 1.807) is 4.57 Å². The molecule has 0 amide bonds. The molecule has 15 heavy (non-hydrogen) atoms. The van der Waals surface area contributed by atoms with Gasteiger partial charge in [0.1, 0.15) is 0 Å². The molecule has 0 radical (unpaired) electrons. The molecule has 1 unspecified atom stereocenters. The molecule has 1 aromatic heterocycles. The van der Waals surface area contributed by atoms with Gasteiger partial charge < -0.3 is 5.73 Å². The number of rotatable bonds is 3. The van der Waals surface area contributed by atoms with Gasteiger partial charge in [-0.1, -0.05) is 0 Å². The predicted molar refractivity (Wildman–Crippen MR) is 58.7 cm³/mol. The van der Waals surface area contributed by atoms with Crippen LogP contribution in [0.5, 0.6) is 0 Å². The van der Waals surface area contributed by atoms with Gasteiger partial charge in [0.15, 0.2) is 0 Å². The van der Waals surface area contributed by atoms with Gasteiger partial charge in [0.2, 0.25) is 0 Å². The van der Waals surface area contributed by atoms with Crippen LogP contribution in [0, 0.1) is 19.8 Å². The highest BCUT2D eigenvalue weighted by Gasteiger charge is 2.28. The first kappa shape index (κ1) is 10.4. The van der Waals surface area contributed by atoms with Crippen LogP contribution in [0.4, 0.5) is 0 Å². The summed E-state index contributed by atoms with van der Waals surface area (Å²) in [5.41, 5.74) is 7.54. The fourth-order valence-electron chi connectivity index (χ4n) is 1.88. The summed E-state index contributed by atoms with van der Waals surface area (Å²) in [5.74, 6) is 0.609. The Kier molecular flexibility index (Phi) is 2.61. The highest BCUT2D eigenvalue weighted by molar-refractivity contribution is 5.07. The molecule has 1 aliphatic rings. The van der Waals surface area contributed by atoms with Gasteiger partial charge in [-0.15, -0.1) is 0 Å². The lowest BCUT2D eigenvalue weighted by Gasteiger charge is -2.14. The van der Waals surface area contributed by atoms with Crippen LogP contribution in [0.15, 0.2) is 10.9 Å². The summed E-state index contributed by atoms with van der Waals surface area (Å²) in [5, 5.41) is 0. The van der Waals surface area contributed by atoms with Crippen LogP contribution in [0.1, 0.15) is 24.2 Å². The van der Waals surface area contributed by atoms with Gasteiger partial charge in [-0.2, -0.15) is 4.98 Å². The van der Waals surface area contributed by atoms with E-state index in [-0.39, 0.29) is 11.7 Å². The van der Waals surface area contributed by atoms with Crippen LogP contribution < -0.4 is 11.4 Å². The van der Waals surface area contributed by atoms with E-state index in [0.717, 1.165) is 11.4 Å². The Labute approximate surface area is 89.1 Å². The number of hydrogen-bond acceptors (Lipinski definition) is 3. The number of aryl methyl sites for hydroxylation is 2. The molecule has 0 spiro atoms. The van der Waals surface area contributed by atoms with Crippen LogP contribution in [0.2, 0.25) is 0 Å². The molecule has 1 heterocycles. The molecule has 0 aromatic carbocycles. The zero-order valence-electron chi connectivity index (χ0n) is 9.23. The SMILES string of the molecule is Cc1cc(C)n(CC(N)C2CC2)c(=O)n1. The molecule has 0 aliphatic heterocycles. The molecule has 1 atom stereocenters. The van der Waals surface area contributed by atoms with E-state index in [9.17, 15) is 4.79 Å². The van der Waals surface area contributed by atoms with Gasteiger partial charge in [-0.05, 0) is 38.7 Å². The summed E-state index contributed by atoms with van der Waals surface area (Å²) >= 11 is 0. The van der Waals surface area contributed by atoms with E-state index in [2.05, 4.69) is 4.98 Å². The van der Waals surface area contributed by atoms with Gasteiger partial charge in [0.05, 0.1) is 0 Å². The molecular formula is C11H17N3O. The minimum Gasteiger partial charge on any atom is -0.326 e. The highest BCUT2D eigenvalue weighted by Crippen LogP contribution is 2.32. The van der Waals surface area contributed by atoms with E-state index >= 15 is 0 Å². The van der Waals surface area contributed by atoms with Crippen molar-refractivity contribution in [2.24, 2.45) is 11.7 Å². The van der Waals surface area contributed by atoms with Gasteiger partial charge in [-0.3, -0.25) is 4.57 Å². The molecule has 2 N–H and O–H groups in total. The second-order valence-corrected chi connectivity index (χ2v) is 4.43. The van der Waals surface area contributed by atoms with Crippen molar-refractivity contribution in [2.75, 3.05) is 0 Å². The summed E-state index contributed by atoms with van der Waals surface area (Å²) < 4.78 is 1.68. The largest absolute Gasteiger partial charge is 0.348 e. The number of nitrogens with zero attached hydrogens (tertiary/aromatic N) is 2. The third-order valence-corrected chi connectivity index (χ3v) is 2.97. The van der Waals surface area contributed by atoms with E-state index in [1.165, 1.54) is 12.8 Å². The van der Waals surface area contributed by atoms with E-state index in [4.69, 9.17) is 5.73 Å². The lowest BCUT2D eigenvalue weighted by Crippen LogP contribution is -2.35. The van der Waals surface area contributed by atoms with Crippen molar-refractivity contribution in [1.29, 1.82) is 0 Å². The summed E-state index contributed by atoms with van der Waals surface area (Å²) in [4.78, 5) is 15.6. The molecule has 1 aliphatic carbocycles. The van der Waals surface area contributed by atoms with Gasteiger partial charge in [0, 0.05) is 24.0 Å². The monoisotopic (exact) mass is 207 g/mol. The fraction of sp³-hybridized carbons (Fsp3) is 0.636. The first-order valence-corrected chi connectivity index (χ1v) is 5.38. The lowest BCUT2D eigenvalue weighted by molar-refractivity contribution is 0.479. The Morgan fingerprint density at radius 2 is 2.27 bits per heavy atom. The van der Waals surface area contributed by atoms with Crippen LogP contribution in [0.3, 0.4) is 0 Å². The minimum atomic E-state index is -0.177. The van der Waals surface area contributed by atoms with Crippen molar-refractivity contribution >= 4 is 0 Å². The predicted octanol–water partition coefficient (Wildman–Crippen LogP) is 0.597. The second-order valence-electron chi connectivity index (χ2n) is 4.43. The standard InChI is InChI=1S/C11H17N3O/c1-7-5-8(2)14(11(15)13-7)6-10(12)9-3-4-9/h5,9-10H,3-4,6,12H2,1-2H3. The van der Waals surface area contributed by atoms with Crippen molar-refractivity contribution in [2.45, 2.75) is 39.3 Å². The molecule has 82 valence electrons. The molecule has 4 heteroatoms. The topological polar surface area (TPSA) is 60.9 Å². The van der Waals surface area contributed by atoms with Crippen molar-refractivity contribution in [3.05, 3.63) is 27.9 Å². The maximum absolute atomic E-state index is 11.6. The van der Waals surface area contributed by atoms with Crippen LogP contribution in [0.25, 0.3) is 0 Å². The van der Waals surface area contributed by atoms with Crippen molar-refractivity contribution in [1.82, 2.24) is 9.55 Å². The zero-order chi connectivity index (χ0) is 11.0. The fourth-order valence-corrected chi connectivity index (χ4v) is 1.88. The van der Waals surface area contributed by atoms with Crippen LogP contribution >= 0.6 is 0 Å². The first-order chi connectivity index (χ1) is 7.08. The molecular weight excluding hydrogens is 190 g/mol. The third-order valence-electron chi connectivity index (χ3n) is 2.97.